The molecule has 0 spiro atoms. The monoisotopic (exact) mass is 458 g/mol. The maximum absolute atomic E-state index is 12.9. The average molecular weight is 459 g/mol. The highest BCUT2D eigenvalue weighted by molar-refractivity contribution is 5.80. The molecule has 1 N–H and O–H groups in total. The van der Waals surface area contributed by atoms with Gasteiger partial charge in [0.05, 0.1) is 5.69 Å². The molecule has 0 atom stereocenters. The Morgan fingerprint density at radius 2 is 1.68 bits per heavy atom. The number of hydrogen-bond acceptors (Lipinski definition) is 3. The number of rotatable bonds is 9. The van der Waals surface area contributed by atoms with Crippen molar-refractivity contribution >= 4 is 11.8 Å². The largest absolute Gasteiger partial charge is 0.346 e. The number of aryl methyl sites for hydroxylation is 2. The Labute approximate surface area is 202 Å². The molecule has 0 radical (unpaired) electrons. The molecular formula is C28H34N4O2. The zero-order chi connectivity index (χ0) is 23.8. The third kappa shape index (κ3) is 6.34. The van der Waals surface area contributed by atoms with Gasteiger partial charge in [-0.15, -0.1) is 0 Å². The maximum Gasteiger partial charge on any atom is 0.225 e. The Bertz CT molecular complexity index is 1060. The van der Waals surface area contributed by atoms with Crippen molar-refractivity contribution in [1.82, 2.24) is 20.0 Å². The summed E-state index contributed by atoms with van der Waals surface area (Å²) in [6.45, 7) is 2.07. The van der Waals surface area contributed by atoms with Crippen LogP contribution in [0.3, 0.4) is 0 Å². The standard InChI is InChI=1S/C28H34N4O2/c1-31(18-8-13-25-21-26(30-29-25)23-11-6-3-7-12-23)28(34)24-16-19-32(20-17-24)27(33)15-14-22-9-4-2-5-10-22/h2-7,9-12,21,24H,8,13-20H2,1H3,(H,29,30). The number of likely N-dealkylation sites (tertiary alicyclic amines) is 1. The van der Waals surface area contributed by atoms with E-state index in [0.29, 0.717) is 19.5 Å². The highest BCUT2D eigenvalue weighted by Crippen LogP contribution is 2.21. The van der Waals surface area contributed by atoms with Crippen molar-refractivity contribution in [1.29, 1.82) is 0 Å². The molecule has 34 heavy (non-hydrogen) atoms. The fourth-order valence-corrected chi connectivity index (χ4v) is 4.60. The Balaban J connectivity index is 1.16. The van der Waals surface area contributed by atoms with Crippen LogP contribution in [0, 0.1) is 5.92 Å². The van der Waals surface area contributed by atoms with E-state index in [1.807, 2.05) is 53.2 Å². The van der Waals surface area contributed by atoms with Gasteiger partial charge in [-0.3, -0.25) is 14.7 Å². The molecule has 1 fully saturated rings. The molecule has 0 aliphatic carbocycles. The van der Waals surface area contributed by atoms with Crippen LogP contribution < -0.4 is 0 Å². The second kappa shape index (κ2) is 11.6. The second-order valence-electron chi connectivity index (χ2n) is 9.15. The number of hydrogen-bond donors (Lipinski definition) is 1. The number of nitrogens with one attached hydrogen (secondary N) is 1. The van der Waals surface area contributed by atoms with Crippen molar-refractivity contribution in [3.63, 3.8) is 0 Å². The summed E-state index contributed by atoms with van der Waals surface area (Å²) in [6, 6.07) is 22.3. The predicted molar refractivity (Wildman–Crippen MR) is 134 cm³/mol. The zero-order valence-corrected chi connectivity index (χ0v) is 20.0. The van der Waals surface area contributed by atoms with Crippen LogP contribution in [0.15, 0.2) is 66.7 Å². The molecule has 1 aliphatic heterocycles. The molecule has 1 aliphatic rings. The topological polar surface area (TPSA) is 69.3 Å². The minimum atomic E-state index is 0.0139. The molecule has 2 aromatic carbocycles. The Morgan fingerprint density at radius 3 is 2.38 bits per heavy atom. The maximum atomic E-state index is 12.9. The van der Waals surface area contributed by atoms with Gasteiger partial charge in [0.1, 0.15) is 0 Å². The fourth-order valence-electron chi connectivity index (χ4n) is 4.60. The lowest BCUT2D eigenvalue weighted by molar-refractivity contribution is -0.139. The van der Waals surface area contributed by atoms with Crippen LogP contribution in [0.2, 0.25) is 0 Å². The lowest BCUT2D eigenvalue weighted by Gasteiger charge is -2.33. The smallest absolute Gasteiger partial charge is 0.225 e. The van der Waals surface area contributed by atoms with Crippen LogP contribution in [-0.2, 0) is 22.4 Å². The SMILES string of the molecule is CN(CCCc1cc(-c2ccccc2)n[nH]1)C(=O)C1CCN(C(=O)CCc2ccccc2)CC1. The molecule has 1 aromatic heterocycles. The average Bonchev–Trinajstić information content (AvgIpc) is 3.37. The number of H-pyrrole nitrogens is 1. The number of piperidine rings is 1. The predicted octanol–water partition coefficient (Wildman–Crippen LogP) is 4.34. The van der Waals surface area contributed by atoms with E-state index < -0.39 is 0 Å². The normalized spacial score (nSPS) is 14.2. The lowest BCUT2D eigenvalue weighted by atomic mass is 9.95. The van der Waals surface area contributed by atoms with Gasteiger partial charge in [0.2, 0.25) is 11.8 Å². The van der Waals surface area contributed by atoms with Crippen molar-refractivity contribution in [2.45, 2.75) is 38.5 Å². The van der Waals surface area contributed by atoms with Gasteiger partial charge in [0, 0.05) is 50.3 Å². The summed E-state index contributed by atoms with van der Waals surface area (Å²) < 4.78 is 0. The van der Waals surface area contributed by atoms with Crippen molar-refractivity contribution in [2.24, 2.45) is 5.92 Å². The molecular weight excluding hydrogens is 424 g/mol. The first-order valence-electron chi connectivity index (χ1n) is 12.3. The highest BCUT2D eigenvalue weighted by atomic mass is 16.2. The summed E-state index contributed by atoms with van der Waals surface area (Å²) in [6.07, 6.45) is 4.54. The molecule has 0 unspecified atom stereocenters. The van der Waals surface area contributed by atoms with Crippen molar-refractivity contribution in [3.8, 4) is 11.3 Å². The van der Waals surface area contributed by atoms with Crippen molar-refractivity contribution < 1.29 is 9.59 Å². The van der Waals surface area contributed by atoms with Crippen LogP contribution in [0.25, 0.3) is 11.3 Å². The number of amides is 2. The Kier molecular flexibility index (Phi) is 8.12. The summed E-state index contributed by atoms with van der Waals surface area (Å²) in [5, 5.41) is 7.52. The van der Waals surface area contributed by atoms with E-state index in [-0.39, 0.29) is 17.7 Å². The van der Waals surface area contributed by atoms with Crippen LogP contribution >= 0.6 is 0 Å². The molecule has 0 saturated carbocycles. The Morgan fingerprint density at radius 1 is 1.00 bits per heavy atom. The first-order valence-corrected chi connectivity index (χ1v) is 12.3. The summed E-state index contributed by atoms with van der Waals surface area (Å²) in [5.74, 6) is 0.406. The third-order valence-electron chi connectivity index (χ3n) is 6.68. The molecule has 3 aromatic rings. The van der Waals surface area contributed by atoms with Gasteiger partial charge in [-0.05, 0) is 43.7 Å². The van der Waals surface area contributed by atoms with E-state index in [0.717, 1.165) is 55.6 Å². The van der Waals surface area contributed by atoms with Gasteiger partial charge in [0.15, 0.2) is 0 Å². The van der Waals surface area contributed by atoms with Gasteiger partial charge in [-0.25, -0.2) is 0 Å². The summed E-state index contributed by atoms with van der Waals surface area (Å²) in [7, 11) is 1.89. The van der Waals surface area contributed by atoms with Gasteiger partial charge < -0.3 is 9.80 Å². The van der Waals surface area contributed by atoms with Crippen LogP contribution in [0.5, 0.6) is 0 Å². The molecule has 178 valence electrons. The van der Waals surface area contributed by atoms with Crippen LogP contribution in [-0.4, -0.2) is 58.5 Å². The first kappa shape index (κ1) is 23.7. The van der Waals surface area contributed by atoms with E-state index in [1.54, 1.807) is 0 Å². The number of nitrogens with zero attached hydrogens (tertiary/aromatic N) is 3. The second-order valence-corrected chi connectivity index (χ2v) is 9.15. The number of benzene rings is 2. The molecule has 1 saturated heterocycles. The van der Waals surface area contributed by atoms with E-state index in [2.05, 4.69) is 40.5 Å². The van der Waals surface area contributed by atoms with Gasteiger partial charge >= 0.3 is 0 Å². The van der Waals surface area contributed by atoms with E-state index in [4.69, 9.17) is 0 Å². The van der Waals surface area contributed by atoms with Gasteiger partial charge in [-0.1, -0.05) is 60.7 Å². The van der Waals surface area contributed by atoms with Gasteiger partial charge in [0.25, 0.3) is 0 Å². The Hall–Kier alpha value is -3.41. The highest BCUT2D eigenvalue weighted by Gasteiger charge is 2.28. The first-order chi connectivity index (χ1) is 16.6. The van der Waals surface area contributed by atoms with Gasteiger partial charge in [-0.2, -0.15) is 5.10 Å². The number of carbonyl (C=O) groups is 2. The van der Waals surface area contributed by atoms with E-state index >= 15 is 0 Å². The number of aromatic nitrogens is 2. The molecule has 4 rings (SSSR count). The van der Waals surface area contributed by atoms with Crippen LogP contribution in [0.4, 0.5) is 0 Å². The summed E-state index contributed by atoms with van der Waals surface area (Å²) in [4.78, 5) is 29.3. The number of carbonyl (C=O) groups excluding carboxylic acids is 2. The minimum absolute atomic E-state index is 0.0139. The molecule has 2 amide bonds. The minimum Gasteiger partial charge on any atom is -0.346 e. The molecule has 6 nitrogen and oxygen atoms in total. The number of aromatic amines is 1. The van der Waals surface area contributed by atoms with E-state index in [1.165, 1.54) is 5.56 Å². The lowest BCUT2D eigenvalue weighted by Crippen LogP contribution is -2.43. The summed E-state index contributed by atoms with van der Waals surface area (Å²) >= 11 is 0. The summed E-state index contributed by atoms with van der Waals surface area (Å²) in [5.41, 5.74) is 4.32. The fraction of sp³-hybridized carbons (Fsp3) is 0.393. The molecule has 0 bridgehead atoms. The zero-order valence-electron chi connectivity index (χ0n) is 20.0. The quantitative estimate of drug-likeness (QED) is 0.519. The third-order valence-corrected chi connectivity index (χ3v) is 6.68. The van der Waals surface area contributed by atoms with Crippen LogP contribution in [0.1, 0.15) is 36.9 Å². The van der Waals surface area contributed by atoms with E-state index in [9.17, 15) is 9.59 Å². The van der Waals surface area contributed by atoms with Crippen molar-refractivity contribution in [3.05, 3.63) is 78.0 Å². The molecule has 6 heteroatoms. The molecule has 2 heterocycles. The van der Waals surface area contributed by atoms with Crippen molar-refractivity contribution in [2.75, 3.05) is 26.7 Å².